The number of carboxylic acid groups (broad SMARTS) is 1. The van der Waals surface area contributed by atoms with E-state index >= 15 is 0 Å². The van der Waals surface area contributed by atoms with Gasteiger partial charge in [-0.3, -0.25) is 9.59 Å². The number of likely N-dealkylation sites (tertiary alicyclic amines) is 1. The molecule has 17 heavy (non-hydrogen) atoms. The zero-order valence-electron chi connectivity index (χ0n) is 9.22. The third-order valence-corrected chi connectivity index (χ3v) is 4.73. The van der Waals surface area contributed by atoms with Crippen molar-refractivity contribution in [3.05, 3.63) is 20.8 Å². The van der Waals surface area contributed by atoms with Gasteiger partial charge in [0.15, 0.2) is 0 Å². The highest BCUT2D eigenvalue weighted by Crippen LogP contribution is 2.41. The standard InChI is InChI=1S/C11H12BrNO3S/c1-2-13-9(14)4-7(11(15)16)10(13)8-3-6(12)5-17-8/h3,5,7,10H,2,4H2,1H3,(H,15,16). The summed E-state index contributed by atoms with van der Waals surface area (Å²) in [5.41, 5.74) is 0. The van der Waals surface area contributed by atoms with Gasteiger partial charge >= 0.3 is 5.97 Å². The van der Waals surface area contributed by atoms with Gasteiger partial charge in [0.25, 0.3) is 0 Å². The van der Waals surface area contributed by atoms with E-state index in [2.05, 4.69) is 15.9 Å². The summed E-state index contributed by atoms with van der Waals surface area (Å²) >= 11 is 4.84. The molecule has 1 saturated heterocycles. The maximum atomic E-state index is 11.8. The number of hydrogen-bond donors (Lipinski definition) is 1. The van der Waals surface area contributed by atoms with Crippen molar-refractivity contribution in [1.29, 1.82) is 0 Å². The van der Waals surface area contributed by atoms with Crippen LogP contribution in [0.2, 0.25) is 0 Å². The number of nitrogens with zero attached hydrogens (tertiary/aromatic N) is 1. The Kier molecular flexibility index (Phi) is 3.53. The van der Waals surface area contributed by atoms with Crippen molar-refractivity contribution in [2.24, 2.45) is 5.92 Å². The van der Waals surface area contributed by atoms with Crippen LogP contribution < -0.4 is 0 Å². The van der Waals surface area contributed by atoms with Crippen LogP contribution in [-0.4, -0.2) is 28.4 Å². The fourth-order valence-corrected chi connectivity index (χ4v) is 3.84. The fraction of sp³-hybridized carbons (Fsp3) is 0.455. The van der Waals surface area contributed by atoms with Crippen molar-refractivity contribution in [2.45, 2.75) is 19.4 Å². The van der Waals surface area contributed by atoms with Crippen LogP contribution >= 0.6 is 27.3 Å². The summed E-state index contributed by atoms with van der Waals surface area (Å²) in [4.78, 5) is 25.6. The molecule has 2 atom stereocenters. The Morgan fingerprint density at radius 2 is 2.41 bits per heavy atom. The van der Waals surface area contributed by atoms with Crippen LogP contribution in [0.4, 0.5) is 0 Å². The van der Waals surface area contributed by atoms with Crippen molar-refractivity contribution in [3.63, 3.8) is 0 Å². The average molecular weight is 318 g/mol. The van der Waals surface area contributed by atoms with Crippen molar-refractivity contribution in [1.82, 2.24) is 4.90 Å². The summed E-state index contributed by atoms with van der Waals surface area (Å²) in [6.45, 7) is 2.42. The first-order valence-electron chi connectivity index (χ1n) is 5.30. The lowest BCUT2D eigenvalue weighted by Crippen LogP contribution is -2.29. The minimum atomic E-state index is -0.899. The molecule has 0 bridgehead atoms. The molecule has 1 amide bonds. The van der Waals surface area contributed by atoms with Gasteiger partial charge in [-0.05, 0) is 28.9 Å². The van der Waals surface area contributed by atoms with E-state index in [0.29, 0.717) is 6.54 Å². The smallest absolute Gasteiger partial charge is 0.309 e. The summed E-state index contributed by atoms with van der Waals surface area (Å²) in [5, 5.41) is 11.1. The van der Waals surface area contributed by atoms with Gasteiger partial charge in [-0.25, -0.2) is 0 Å². The maximum Gasteiger partial charge on any atom is 0.309 e. The summed E-state index contributed by atoms with van der Waals surface area (Å²) in [7, 11) is 0. The Balaban J connectivity index is 2.38. The summed E-state index contributed by atoms with van der Waals surface area (Å²) in [6, 6.07) is 1.58. The first-order valence-corrected chi connectivity index (χ1v) is 6.98. The van der Waals surface area contributed by atoms with Gasteiger partial charge in [0.1, 0.15) is 0 Å². The first kappa shape index (κ1) is 12.6. The number of rotatable bonds is 3. The molecule has 0 radical (unpaired) electrons. The molecule has 2 rings (SSSR count). The largest absolute Gasteiger partial charge is 0.481 e. The van der Waals surface area contributed by atoms with Crippen molar-refractivity contribution in [3.8, 4) is 0 Å². The van der Waals surface area contributed by atoms with Gasteiger partial charge in [0.2, 0.25) is 5.91 Å². The van der Waals surface area contributed by atoms with Gasteiger partial charge in [-0.2, -0.15) is 0 Å². The highest BCUT2D eigenvalue weighted by Gasteiger charge is 2.44. The molecule has 0 aliphatic carbocycles. The van der Waals surface area contributed by atoms with Crippen LogP contribution in [0, 0.1) is 5.92 Å². The number of aliphatic carboxylic acids is 1. The zero-order chi connectivity index (χ0) is 12.6. The van der Waals surface area contributed by atoms with Gasteiger partial charge in [0.05, 0.1) is 12.0 Å². The Labute approximate surface area is 111 Å². The highest BCUT2D eigenvalue weighted by atomic mass is 79.9. The van der Waals surface area contributed by atoms with E-state index in [4.69, 9.17) is 0 Å². The molecule has 0 aromatic carbocycles. The van der Waals surface area contributed by atoms with E-state index in [9.17, 15) is 14.7 Å². The summed E-state index contributed by atoms with van der Waals surface area (Å²) in [5.74, 6) is -1.61. The van der Waals surface area contributed by atoms with Gasteiger partial charge in [0, 0.05) is 27.7 Å². The molecule has 1 aliphatic heterocycles. The van der Waals surface area contributed by atoms with Crippen LogP contribution in [-0.2, 0) is 9.59 Å². The van der Waals surface area contributed by atoms with Gasteiger partial charge in [-0.15, -0.1) is 11.3 Å². The lowest BCUT2D eigenvalue weighted by Gasteiger charge is -2.24. The molecule has 1 aromatic rings. The van der Waals surface area contributed by atoms with E-state index in [-0.39, 0.29) is 18.4 Å². The quantitative estimate of drug-likeness (QED) is 0.931. The van der Waals surface area contributed by atoms with E-state index in [0.717, 1.165) is 9.35 Å². The van der Waals surface area contributed by atoms with Crippen molar-refractivity contribution in [2.75, 3.05) is 6.54 Å². The Morgan fingerprint density at radius 3 is 2.88 bits per heavy atom. The molecule has 1 fully saturated rings. The van der Waals surface area contributed by atoms with Crippen LogP contribution in [0.3, 0.4) is 0 Å². The van der Waals surface area contributed by atoms with E-state index in [1.54, 1.807) is 4.90 Å². The van der Waals surface area contributed by atoms with Gasteiger partial charge < -0.3 is 10.0 Å². The molecule has 0 spiro atoms. The Hall–Kier alpha value is -0.880. The summed E-state index contributed by atoms with van der Waals surface area (Å²) in [6.07, 6.45) is 0.101. The number of thiophene rings is 1. The Morgan fingerprint density at radius 1 is 1.71 bits per heavy atom. The number of carbonyl (C=O) groups is 2. The lowest BCUT2D eigenvalue weighted by atomic mass is 9.99. The normalized spacial score (nSPS) is 24.4. The number of hydrogen-bond acceptors (Lipinski definition) is 3. The van der Waals surface area contributed by atoms with E-state index in [1.807, 2.05) is 18.4 Å². The second-order valence-corrected chi connectivity index (χ2v) is 5.80. The highest BCUT2D eigenvalue weighted by molar-refractivity contribution is 9.10. The minimum absolute atomic E-state index is 0.0746. The number of halogens is 1. The molecule has 2 heterocycles. The van der Waals surface area contributed by atoms with E-state index in [1.165, 1.54) is 11.3 Å². The SMILES string of the molecule is CCN1C(=O)CC(C(=O)O)C1c1cc(Br)cs1. The molecule has 2 unspecified atom stereocenters. The molecule has 6 heteroatoms. The molecular weight excluding hydrogens is 306 g/mol. The van der Waals surface area contributed by atoms with E-state index < -0.39 is 11.9 Å². The summed E-state index contributed by atoms with van der Waals surface area (Å²) < 4.78 is 0.928. The minimum Gasteiger partial charge on any atom is -0.481 e. The third-order valence-electron chi connectivity index (χ3n) is 2.97. The molecule has 1 aromatic heterocycles. The van der Waals surface area contributed by atoms with Crippen molar-refractivity contribution >= 4 is 39.1 Å². The molecular formula is C11H12BrNO3S. The number of carbonyl (C=O) groups excluding carboxylic acids is 1. The number of carboxylic acids is 1. The predicted octanol–water partition coefficient (Wildman–Crippen LogP) is 2.50. The molecule has 1 N–H and O–H groups in total. The maximum absolute atomic E-state index is 11.8. The van der Waals surface area contributed by atoms with Crippen LogP contribution in [0.5, 0.6) is 0 Å². The topological polar surface area (TPSA) is 57.6 Å². The average Bonchev–Trinajstić information content (AvgIpc) is 2.81. The molecule has 92 valence electrons. The first-order chi connectivity index (χ1) is 8.04. The molecule has 1 aliphatic rings. The van der Waals surface area contributed by atoms with Crippen LogP contribution in [0.25, 0.3) is 0 Å². The lowest BCUT2D eigenvalue weighted by molar-refractivity contribution is -0.142. The second kappa shape index (κ2) is 4.78. The second-order valence-electron chi connectivity index (χ2n) is 3.94. The monoisotopic (exact) mass is 317 g/mol. The van der Waals surface area contributed by atoms with Gasteiger partial charge in [-0.1, -0.05) is 0 Å². The Bertz CT molecular complexity index is 459. The molecule has 4 nitrogen and oxygen atoms in total. The zero-order valence-corrected chi connectivity index (χ0v) is 11.6. The molecule has 0 saturated carbocycles. The van der Waals surface area contributed by atoms with Crippen LogP contribution in [0.1, 0.15) is 24.3 Å². The van der Waals surface area contributed by atoms with Crippen molar-refractivity contribution < 1.29 is 14.7 Å². The predicted molar refractivity (Wildman–Crippen MR) is 67.9 cm³/mol. The third kappa shape index (κ3) is 2.24. The van der Waals surface area contributed by atoms with Crippen LogP contribution in [0.15, 0.2) is 15.9 Å². The fourth-order valence-electron chi connectivity index (χ4n) is 2.22. The number of amides is 1.